The second kappa shape index (κ2) is 4.81. The lowest BCUT2D eigenvalue weighted by molar-refractivity contribution is -0.385. The van der Waals surface area contributed by atoms with E-state index in [4.69, 9.17) is 0 Å². The second-order valence-corrected chi connectivity index (χ2v) is 4.57. The molecule has 0 spiro atoms. The van der Waals surface area contributed by atoms with Crippen molar-refractivity contribution in [2.24, 2.45) is 0 Å². The van der Waals surface area contributed by atoms with Crippen LogP contribution in [0.1, 0.15) is 24.8 Å². The van der Waals surface area contributed by atoms with E-state index in [-0.39, 0.29) is 10.6 Å². The molecule has 0 heterocycles. The Balaban J connectivity index is 1.92. The van der Waals surface area contributed by atoms with E-state index in [0.29, 0.717) is 18.7 Å². The summed E-state index contributed by atoms with van der Waals surface area (Å²) in [5, 5.41) is 23.7. The van der Waals surface area contributed by atoms with Crippen LogP contribution in [0.2, 0.25) is 0 Å². The van der Waals surface area contributed by atoms with Gasteiger partial charge in [0.25, 0.3) is 5.69 Å². The molecule has 0 unspecified atom stereocenters. The molecule has 0 amide bonds. The number of hydrogen-bond acceptors (Lipinski definition) is 4. The highest BCUT2D eigenvalue weighted by atomic mass is 16.6. The molecular weight excluding hydrogens is 220 g/mol. The maximum atomic E-state index is 10.8. The first-order valence-corrected chi connectivity index (χ1v) is 5.76. The molecule has 0 bridgehead atoms. The number of rotatable bonds is 5. The number of aliphatic hydroxyl groups is 1. The van der Waals surface area contributed by atoms with Crippen LogP contribution in [0.3, 0.4) is 0 Å². The quantitative estimate of drug-likeness (QED) is 0.601. The number of nitro groups is 1. The molecule has 1 aliphatic rings. The van der Waals surface area contributed by atoms with Gasteiger partial charge in [0.2, 0.25) is 0 Å². The Kier molecular flexibility index (Phi) is 3.40. The fourth-order valence-corrected chi connectivity index (χ4v) is 2.03. The van der Waals surface area contributed by atoms with Crippen molar-refractivity contribution < 1.29 is 10.0 Å². The molecular formula is C12H16N2O3. The highest BCUT2D eigenvalue weighted by Gasteiger charge is 2.33. The summed E-state index contributed by atoms with van der Waals surface area (Å²) in [5.74, 6) is 0. The van der Waals surface area contributed by atoms with Crippen molar-refractivity contribution in [3.05, 3.63) is 39.9 Å². The maximum Gasteiger partial charge on any atom is 0.273 e. The average Bonchev–Trinajstić information content (AvgIpc) is 2.27. The highest BCUT2D eigenvalue weighted by Crippen LogP contribution is 2.30. The van der Waals surface area contributed by atoms with Crippen molar-refractivity contribution in [2.45, 2.75) is 31.4 Å². The van der Waals surface area contributed by atoms with Gasteiger partial charge in [-0.25, -0.2) is 0 Å². The Morgan fingerprint density at radius 2 is 2.12 bits per heavy atom. The highest BCUT2D eigenvalue weighted by molar-refractivity contribution is 5.39. The minimum atomic E-state index is -0.594. The first-order chi connectivity index (χ1) is 8.11. The summed E-state index contributed by atoms with van der Waals surface area (Å²) in [6.07, 6.45) is 2.69. The summed E-state index contributed by atoms with van der Waals surface area (Å²) in [7, 11) is 0. The predicted molar refractivity (Wildman–Crippen MR) is 63.6 cm³/mol. The van der Waals surface area contributed by atoms with Crippen LogP contribution in [-0.4, -0.2) is 22.2 Å². The molecule has 0 radical (unpaired) electrons. The number of benzene rings is 1. The van der Waals surface area contributed by atoms with Crippen molar-refractivity contribution >= 4 is 5.69 Å². The summed E-state index contributed by atoms with van der Waals surface area (Å²) in [6, 6.07) is 6.66. The van der Waals surface area contributed by atoms with E-state index >= 15 is 0 Å². The van der Waals surface area contributed by atoms with Gasteiger partial charge in [0.15, 0.2) is 0 Å². The van der Waals surface area contributed by atoms with Gasteiger partial charge in [0.1, 0.15) is 0 Å². The Morgan fingerprint density at radius 1 is 1.41 bits per heavy atom. The molecule has 1 aromatic carbocycles. The van der Waals surface area contributed by atoms with Gasteiger partial charge in [0.05, 0.1) is 10.5 Å². The zero-order valence-electron chi connectivity index (χ0n) is 9.56. The Hall–Kier alpha value is -1.46. The van der Waals surface area contributed by atoms with Crippen molar-refractivity contribution in [1.29, 1.82) is 0 Å². The first kappa shape index (κ1) is 12.0. The molecule has 2 N–H and O–H groups in total. The lowest BCUT2D eigenvalue weighted by Gasteiger charge is -2.36. The summed E-state index contributed by atoms with van der Waals surface area (Å²) >= 11 is 0. The smallest absolute Gasteiger partial charge is 0.273 e. The second-order valence-electron chi connectivity index (χ2n) is 4.57. The summed E-state index contributed by atoms with van der Waals surface area (Å²) in [5.41, 5.74) is 0.185. The Morgan fingerprint density at radius 3 is 2.71 bits per heavy atom. The number of para-hydroxylation sites is 1. The molecule has 1 aliphatic carbocycles. The number of nitrogens with one attached hydrogen (secondary N) is 1. The van der Waals surface area contributed by atoms with E-state index in [9.17, 15) is 15.2 Å². The van der Waals surface area contributed by atoms with Crippen LogP contribution in [0.25, 0.3) is 0 Å². The van der Waals surface area contributed by atoms with Crippen molar-refractivity contribution in [3.8, 4) is 0 Å². The maximum absolute atomic E-state index is 10.8. The van der Waals surface area contributed by atoms with E-state index in [1.165, 1.54) is 6.07 Å². The minimum absolute atomic E-state index is 0.126. The molecule has 0 saturated heterocycles. The van der Waals surface area contributed by atoms with E-state index in [0.717, 1.165) is 19.3 Å². The molecule has 1 saturated carbocycles. The van der Waals surface area contributed by atoms with Crippen LogP contribution >= 0.6 is 0 Å². The van der Waals surface area contributed by atoms with Gasteiger partial charge in [-0.15, -0.1) is 0 Å². The number of hydrogen-bond donors (Lipinski definition) is 2. The fraction of sp³-hybridized carbons (Fsp3) is 0.500. The fourth-order valence-electron chi connectivity index (χ4n) is 2.03. The molecule has 1 aromatic rings. The molecule has 0 aromatic heterocycles. The van der Waals surface area contributed by atoms with Gasteiger partial charge >= 0.3 is 0 Å². The van der Waals surface area contributed by atoms with E-state index in [1.54, 1.807) is 18.2 Å². The van der Waals surface area contributed by atoms with E-state index in [2.05, 4.69) is 5.32 Å². The lowest BCUT2D eigenvalue weighted by Crippen LogP contribution is -2.46. The van der Waals surface area contributed by atoms with Gasteiger partial charge in [-0.3, -0.25) is 10.1 Å². The van der Waals surface area contributed by atoms with Gasteiger partial charge < -0.3 is 10.4 Å². The zero-order chi connectivity index (χ0) is 12.3. The van der Waals surface area contributed by atoms with Crippen LogP contribution in [0, 0.1) is 10.1 Å². The van der Waals surface area contributed by atoms with Gasteiger partial charge in [-0.05, 0) is 19.3 Å². The predicted octanol–water partition coefficient (Wildman–Crippen LogP) is 1.60. The van der Waals surface area contributed by atoms with Crippen molar-refractivity contribution in [2.75, 3.05) is 6.54 Å². The first-order valence-electron chi connectivity index (χ1n) is 5.76. The molecule has 2 rings (SSSR count). The minimum Gasteiger partial charge on any atom is -0.389 e. The van der Waals surface area contributed by atoms with Crippen LogP contribution in [0.4, 0.5) is 5.69 Å². The van der Waals surface area contributed by atoms with Gasteiger partial charge in [0, 0.05) is 24.7 Å². The molecule has 17 heavy (non-hydrogen) atoms. The van der Waals surface area contributed by atoms with Crippen LogP contribution in [0.5, 0.6) is 0 Å². The van der Waals surface area contributed by atoms with E-state index < -0.39 is 5.60 Å². The third-order valence-electron chi connectivity index (χ3n) is 3.24. The van der Waals surface area contributed by atoms with Crippen LogP contribution in [-0.2, 0) is 6.54 Å². The third kappa shape index (κ3) is 2.81. The molecule has 5 heteroatoms. The number of nitro benzene ring substituents is 1. The van der Waals surface area contributed by atoms with Gasteiger partial charge in [-0.1, -0.05) is 18.2 Å². The van der Waals surface area contributed by atoms with Crippen LogP contribution < -0.4 is 5.32 Å². The average molecular weight is 236 g/mol. The number of nitrogens with zero attached hydrogens (tertiary/aromatic N) is 1. The van der Waals surface area contributed by atoms with E-state index in [1.807, 2.05) is 0 Å². The molecule has 92 valence electrons. The largest absolute Gasteiger partial charge is 0.389 e. The molecule has 1 fully saturated rings. The third-order valence-corrected chi connectivity index (χ3v) is 3.24. The topological polar surface area (TPSA) is 75.4 Å². The van der Waals surface area contributed by atoms with Crippen molar-refractivity contribution in [1.82, 2.24) is 5.32 Å². The van der Waals surface area contributed by atoms with Gasteiger partial charge in [-0.2, -0.15) is 0 Å². The summed E-state index contributed by atoms with van der Waals surface area (Å²) in [6.45, 7) is 0.915. The van der Waals surface area contributed by atoms with Crippen LogP contribution in [0.15, 0.2) is 24.3 Å². The molecule has 5 nitrogen and oxygen atoms in total. The lowest BCUT2D eigenvalue weighted by atomic mass is 9.80. The zero-order valence-corrected chi connectivity index (χ0v) is 9.56. The monoisotopic (exact) mass is 236 g/mol. The Labute approximate surface area is 99.6 Å². The normalized spacial score (nSPS) is 17.5. The standard InChI is InChI=1S/C12H16N2O3/c15-12(6-3-7-12)9-13-8-10-4-1-2-5-11(10)14(16)17/h1-2,4-5,13,15H,3,6-9H2. The Bertz CT molecular complexity index is 416. The van der Waals surface area contributed by atoms with Crippen molar-refractivity contribution in [3.63, 3.8) is 0 Å². The summed E-state index contributed by atoms with van der Waals surface area (Å²) < 4.78 is 0. The SMILES string of the molecule is O=[N+]([O-])c1ccccc1CNCC1(O)CCC1. The molecule has 0 atom stereocenters. The summed E-state index contributed by atoms with van der Waals surface area (Å²) in [4.78, 5) is 10.4. The molecule has 0 aliphatic heterocycles.